The minimum atomic E-state index is -3.61. The molecule has 20 heavy (non-hydrogen) atoms. The lowest BCUT2D eigenvalue weighted by atomic mass is 10.1. The lowest BCUT2D eigenvalue weighted by Gasteiger charge is -2.07. The quantitative estimate of drug-likeness (QED) is 0.862. The Labute approximate surface area is 121 Å². The van der Waals surface area contributed by atoms with Crippen LogP contribution in [0.3, 0.4) is 0 Å². The van der Waals surface area contributed by atoms with Crippen molar-refractivity contribution in [2.24, 2.45) is 0 Å². The van der Waals surface area contributed by atoms with E-state index in [4.69, 9.17) is 11.6 Å². The van der Waals surface area contributed by atoms with Crippen molar-refractivity contribution in [1.29, 1.82) is 0 Å². The summed E-state index contributed by atoms with van der Waals surface area (Å²) in [6, 6.07) is 8.56. The highest BCUT2D eigenvalue weighted by atomic mass is 35.5. The van der Waals surface area contributed by atoms with E-state index < -0.39 is 10.0 Å². The standard InChI is InChI=1S/C13H12ClFN2O2S/c14-13-9-12(6-7-16-13)20(18,19)17-8-5-10-1-3-11(15)4-2-10/h1-4,6-7,9,17H,5,8H2. The van der Waals surface area contributed by atoms with Gasteiger partial charge in [-0.25, -0.2) is 22.5 Å². The van der Waals surface area contributed by atoms with Gasteiger partial charge in [0.2, 0.25) is 10.0 Å². The number of nitrogens with zero attached hydrogens (tertiary/aromatic N) is 1. The number of sulfonamides is 1. The van der Waals surface area contributed by atoms with E-state index in [2.05, 4.69) is 9.71 Å². The minimum Gasteiger partial charge on any atom is -0.244 e. The van der Waals surface area contributed by atoms with Gasteiger partial charge in [-0.3, -0.25) is 0 Å². The molecular weight excluding hydrogens is 303 g/mol. The zero-order valence-electron chi connectivity index (χ0n) is 10.4. The van der Waals surface area contributed by atoms with Crippen LogP contribution in [0.5, 0.6) is 0 Å². The molecule has 1 aromatic carbocycles. The fraction of sp³-hybridized carbons (Fsp3) is 0.154. The molecule has 0 aliphatic heterocycles. The molecule has 0 fully saturated rings. The summed E-state index contributed by atoms with van der Waals surface area (Å²) in [6.45, 7) is 0.216. The van der Waals surface area contributed by atoms with Gasteiger partial charge in [-0.05, 0) is 36.2 Å². The molecule has 106 valence electrons. The molecular formula is C13H12ClFN2O2S. The molecule has 1 aromatic heterocycles. The van der Waals surface area contributed by atoms with E-state index in [-0.39, 0.29) is 22.4 Å². The van der Waals surface area contributed by atoms with Crippen molar-refractivity contribution in [1.82, 2.24) is 9.71 Å². The molecule has 0 atom stereocenters. The van der Waals surface area contributed by atoms with Crippen LogP contribution in [0.1, 0.15) is 5.56 Å². The molecule has 1 heterocycles. The van der Waals surface area contributed by atoms with Crippen LogP contribution in [0.4, 0.5) is 4.39 Å². The highest BCUT2D eigenvalue weighted by molar-refractivity contribution is 7.89. The smallest absolute Gasteiger partial charge is 0.240 e. The fourth-order valence-corrected chi connectivity index (χ4v) is 2.90. The summed E-state index contributed by atoms with van der Waals surface area (Å²) in [5, 5.41) is 0.117. The number of rotatable bonds is 5. The zero-order chi connectivity index (χ0) is 14.6. The third-order valence-corrected chi connectivity index (χ3v) is 4.29. The first-order chi connectivity index (χ1) is 9.47. The Bertz CT molecular complexity index is 690. The van der Waals surface area contributed by atoms with Gasteiger partial charge < -0.3 is 0 Å². The normalized spacial score (nSPS) is 11.5. The van der Waals surface area contributed by atoms with Gasteiger partial charge in [0.1, 0.15) is 11.0 Å². The van der Waals surface area contributed by atoms with Crippen molar-refractivity contribution in [3.05, 3.63) is 59.1 Å². The fourth-order valence-electron chi connectivity index (χ4n) is 1.62. The Balaban J connectivity index is 1.98. The van der Waals surface area contributed by atoms with Gasteiger partial charge in [0.15, 0.2) is 0 Å². The summed E-state index contributed by atoms with van der Waals surface area (Å²) >= 11 is 5.66. The van der Waals surface area contributed by atoms with Gasteiger partial charge in [-0.2, -0.15) is 0 Å². The van der Waals surface area contributed by atoms with Crippen molar-refractivity contribution in [3.63, 3.8) is 0 Å². The van der Waals surface area contributed by atoms with Crippen LogP contribution in [0, 0.1) is 5.82 Å². The van der Waals surface area contributed by atoms with Crippen LogP contribution in [0.2, 0.25) is 5.15 Å². The second kappa shape index (κ2) is 6.30. The molecule has 4 nitrogen and oxygen atoms in total. The average Bonchev–Trinajstić information content (AvgIpc) is 2.41. The van der Waals surface area contributed by atoms with Gasteiger partial charge in [0.25, 0.3) is 0 Å². The molecule has 0 bridgehead atoms. The summed E-state index contributed by atoms with van der Waals surface area (Å²) in [4.78, 5) is 3.79. The van der Waals surface area contributed by atoms with Crippen LogP contribution >= 0.6 is 11.6 Å². The molecule has 0 aliphatic carbocycles. The van der Waals surface area contributed by atoms with E-state index in [9.17, 15) is 12.8 Å². The second-order valence-electron chi connectivity index (χ2n) is 4.09. The Hall–Kier alpha value is -1.50. The molecule has 0 unspecified atom stereocenters. The number of hydrogen-bond donors (Lipinski definition) is 1. The van der Waals surface area contributed by atoms with E-state index in [1.54, 1.807) is 12.1 Å². The summed E-state index contributed by atoms with van der Waals surface area (Å²) in [7, 11) is -3.61. The number of aromatic nitrogens is 1. The van der Waals surface area contributed by atoms with E-state index in [1.807, 2.05) is 0 Å². The van der Waals surface area contributed by atoms with Crippen LogP contribution in [-0.4, -0.2) is 19.9 Å². The van der Waals surface area contributed by atoms with Gasteiger partial charge in [0.05, 0.1) is 4.90 Å². The predicted octanol–water partition coefficient (Wildman–Crippen LogP) is 2.40. The highest BCUT2D eigenvalue weighted by Gasteiger charge is 2.13. The third-order valence-electron chi connectivity index (χ3n) is 2.63. The number of halogens is 2. The molecule has 0 radical (unpaired) electrons. The molecule has 2 aromatic rings. The average molecular weight is 315 g/mol. The molecule has 0 spiro atoms. The number of benzene rings is 1. The summed E-state index contributed by atoms with van der Waals surface area (Å²) < 4.78 is 39.1. The Morgan fingerprint density at radius 2 is 1.90 bits per heavy atom. The van der Waals surface area contributed by atoms with Crippen LogP contribution in [-0.2, 0) is 16.4 Å². The van der Waals surface area contributed by atoms with E-state index in [0.29, 0.717) is 6.42 Å². The van der Waals surface area contributed by atoms with Gasteiger partial charge in [-0.1, -0.05) is 23.7 Å². The molecule has 1 N–H and O–H groups in total. The third kappa shape index (κ3) is 4.00. The summed E-state index contributed by atoms with van der Waals surface area (Å²) in [5.74, 6) is -0.319. The first-order valence-electron chi connectivity index (χ1n) is 5.83. The van der Waals surface area contributed by atoms with Gasteiger partial charge >= 0.3 is 0 Å². The SMILES string of the molecule is O=S(=O)(NCCc1ccc(F)cc1)c1ccnc(Cl)c1. The minimum absolute atomic E-state index is 0.0663. The van der Waals surface area contributed by atoms with E-state index in [0.717, 1.165) is 5.56 Å². The van der Waals surface area contributed by atoms with Crippen molar-refractivity contribution in [2.75, 3.05) is 6.54 Å². The van der Waals surface area contributed by atoms with Crippen molar-refractivity contribution < 1.29 is 12.8 Å². The Kier molecular flexibility index (Phi) is 4.69. The molecule has 0 saturated carbocycles. The summed E-state index contributed by atoms with van der Waals surface area (Å²) in [6.07, 6.45) is 1.80. The van der Waals surface area contributed by atoms with Crippen LogP contribution < -0.4 is 4.72 Å². The van der Waals surface area contributed by atoms with Gasteiger partial charge in [-0.15, -0.1) is 0 Å². The first-order valence-corrected chi connectivity index (χ1v) is 7.69. The second-order valence-corrected chi connectivity index (χ2v) is 6.24. The topological polar surface area (TPSA) is 59.1 Å². The number of nitrogens with one attached hydrogen (secondary N) is 1. The lowest BCUT2D eigenvalue weighted by Crippen LogP contribution is -2.26. The zero-order valence-corrected chi connectivity index (χ0v) is 12.0. The van der Waals surface area contributed by atoms with Crippen LogP contribution in [0.15, 0.2) is 47.5 Å². The number of hydrogen-bond acceptors (Lipinski definition) is 3. The number of pyridine rings is 1. The van der Waals surface area contributed by atoms with E-state index >= 15 is 0 Å². The Morgan fingerprint density at radius 3 is 2.55 bits per heavy atom. The molecule has 0 saturated heterocycles. The largest absolute Gasteiger partial charge is 0.244 e. The van der Waals surface area contributed by atoms with Crippen LogP contribution in [0.25, 0.3) is 0 Å². The van der Waals surface area contributed by atoms with Crippen molar-refractivity contribution >= 4 is 21.6 Å². The molecule has 0 aliphatic rings. The van der Waals surface area contributed by atoms with Crippen molar-refractivity contribution in [2.45, 2.75) is 11.3 Å². The molecule has 2 rings (SSSR count). The Morgan fingerprint density at radius 1 is 1.20 bits per heavy atom. The van der Waals surface area contributed by atoms with Crippen molar-refractivity contribution in [3.8, 4) is 0 Å². The van der Waals surface area contributed by atoms with E-state index in [1.165, 1.54) is 30.5 Å². The highest BCUT2D eigenvalue weighted by Crippen LogP contribution is 2.12. The lowest BCUT2D eigenvalue weighted by molar-refractivity contribution is 0.581. The molecule has 7 heteroatoms. The molecule has 0 amide bonds. The van der Waals surface area contributed by atoms with Gasteiger partial charge in [0, 0.05) is 12.7 Å². The maximum absolute atomic E-state index is 12.7. The maximum Gasteiger partial charge on any atom is 0.240 e. The first kappa shape index (κ1) is 14.9. The summed E-state index contributed by atoms with van der Waals surface area (Å²) in [5.41, 5.74) is 0.849. The predicted molar refractivity (Wildman–Crippen MR) is 74.5 cm³/mol. The monoisotopic (exact) mass is 314 g/mol. The maximum atomic E-state index is 12.7.